The second-order valence-corrected chi connectivity index (χ2v) is 4.67. The normalized spacial score (nSPS) is 10.8. The van der Waals surface area contributed by atoms with Crippen LogP contribution >= 0.6 is 0 Å². The average Bonchev–Trinajstić information content (AvgIpc) is 2.50. The van der Waals surface area contributed by atoms with Crippen molar-refractivity contribution in [3.05, 3.63) is 35.4 Å². The molecule has 0 bridgehead atoms. The van der Waals surface area contributed by atoms with Crippen molar-refractivity contribution >= 4 is 10.8 Å². The van der Waals surface area contributed by atoms with Gasteiger partial charge >= 0.3 is 0 Å². The first kappa shape index (κ1) is 14.7. The van der Waals surface area contributed by atoms with E-state index >= 15 is 0 Å². The van der Waals surface area contributed by atoms with Gasteiger partial charge in [-0.15, -0.1) is 0 Å². The van der Waals surface area contributed by atoms with Gasteiger partial charge in [0.15, 0.2) is 18.3 Å². The molecule has 0 heterocycles. The van der Waals surface area contributed by atoms with Crippen LogP contribution in [-0.4, -0.2) is 21.0 Å². The fraction of sp³-hybridized carbons (Fsp3) is 0.412. The van der Waals surface area contributed by atoms with Crippen molar-refractivity contribution in [2.24, 2.45) is 0 Å². The van der Waals surface area contributed by atoms with E-state index in [1.54, 1.807) is 14.2 Å². The van der Waals surface area contributed by atoms with Crippen molar-refractivity contribution in [2.75, 3.05) is 21.0 Å². The van der Waals surface area contributed by atoms with Crippen LogP contribution in [0, 0.1) is 0 Å². The summed E-state index contributed by atoms with van der Waals surface area (Å²) in [6.07, 6.45) is 1.86. The van der Waals surface area contributed by atoms with Crippen LogP contribution < -0.4 is 9.47 Å². The maximum atomic E-state index is 5.83. The molecule has 0 fully saturated rings. The third-order valence-corrected chi connectivity index (χ3v) is 3.52. The van der Waals surface area contributed by atoms with E-state index < -0.39 is 0 Å². The SMILES string of the molecule is CCc1cc2cccc(CC)c2c(OCOC)c1OC. The molecule has 0 aliphatic rings. The summed E-state index contributed by atoms with van der Waals surface area (Å²) in [5.74, 6) is 1.61. The van der Waals surface area contributed by atoms with Gasteiger partial charge in [0.25, 0.3) is 0 Å². The number of fused-ring (bicyclic) bond motifs is 1. The Hall–Kier alpha value is -1.74. The standard InChI is InChI=1S/C17H22O3/c1-5-12-8-7-9-14-10-13(6-2)16(19-4)17(15(12)14)20-11-18-3/h7-10H,5-6,11H2,1-4H3. The van der Waals surface area contributed by atoms with Gasteiger partial charge in [0.2, 0.25) is 0 Å². The van der Waals surface area contributed by atoms with Crippen LogP contribution in [0.1, 0.15) is 25.0 Å². The quantitative estimate of drug-likeness (QED) is 0.746. The lowest BCUT2D eigenvalue weighted by atomic mass is 9.97. The highest BCUT2D eigenvalue weighted by Gasteiger charge is 2.16. The van der Waals surface area contributed by atoms with Gasteiger partial charge < -0.3 is 14.2 Å². The number of ether oxygens (including phenoxy) is 3. The summed E-state index contributed by atoms with van der Waals surface area (Å²) in [6.45, 7) is 4.49. The highest BCUT2D eigenvalue weighted by atomic mass is 16.7. The van der Waals surface area contributed by atoms with Gasteiger partial charge in [-0.2, -0.15) is 0 Å². The first-order chi connectivity index (χ1) is 9.76. The maximum Gasteiger partial charge on any atom is 0.188 e. The summed E-state index contributed by atoms with van der Waals surface area (Å²) in [7, 11) is 3.31. The molecule has 2 aromatic carbocycles. The van der Waals surface area contributed by atoms with Gasteiger partial charge in [0, 0.05) is 12.5 Å². The van der Waals surface area contributed by atoms with Crippen LogP contribution in [0.25, 0.3) is 10.8 Å². The minimum absolute atomic E-state index is 0.219. The molecule has 108 valence electrons. The Morgan fingerprint density at radius 3 is 2.30 bits per heavy atom. The smallest absolute Gasteiger partial charge is 0.188 e. The van der Waals surface area contributed by atoms with Gasteiger partial charge in [-0.1, -0.05) is 32.0 Å². The average molecular weight is 274 g/mol. The Bertz CT molecular complexity index is 590. The van der Waals surface area contributed by atoms with Crippen molar-refractivity contribution in [3.63, 3.8) is 0 Å². The van der Waals surface area contributed by atoms with Crippen LogP contribution in [0.5, 0.6) is 11.5 Å². The van der Waals surface area contributed by atoms with Crippen molar-refractivity contribution in [2.45, 2.75) is 26.7 Å². The summed E-state index contributed by atoms with van der Waals surface area (Å²) >= 11 is 0. The number of methoxy groups -OCH3 is 2. The highest BCUT2D eigenvalue weighted by molar-refractivity contribution is 5.94. The molecule has 0 aromatic heterocycles. The molecule has 0 spiro atoms. The Morgan fingerprint density at radius 1 is 0.950 bits per heavy atom. The van der Waals surface area contributed by atoms with E-state index in [9.17, 15) is 0 Å². The molecule has 2 rings (SSSR count). The Kier molecular flexibility index (Phi) is 4.85. The fourth-order valence-electron chi connectivity index (χ4n) is 2.57. The Balaban J connectivity index is 2.76. The van der Waals surface area contributed by atoms with Gasteiger partial charge in [-0.3, -0.25) is 0 Å². The molecule has 0 aliphatic carbocycles. The van der Waals surface area contributed by atoms with Crippen molar-refractivity contribution < 1.29 is 14.2 Å². The zero-order valence-electron chi connectivity index (χ0n) is 12.7. The van der Waals surface area contributed by atoms with Gasteiger partial charge in [-0.25, -0.2) is 0 Å². The second kappa shape index (κ2) is 6.62. The number of aryl methyl sites for hydroxylation is 2. The van der Waals surface area contributed by atoms with Crippen molar-refractivity contribution in [3.8, 4) is 11.5 Å². The molecule has 0 aliphatic heterocycles. The third-order valence-electron chi connectivity index (χ3n) is 3.52. The van der Waals surface area contributed by atoms with Gasteiger partial charge in [-0.05, 0) is 35.4 Å². The van der Waals surface area contributed by atoms with Crippen molar-refractivity contribution in [1.29, 1.82) is 0 Å². The number of rotatable bonds is 6. The zero-order chi connectivity index (χ0) is 14.5. The topological polar surface area (TPSA) is 27.7 Å². The third kappa shape index (κ3) is 2.59. The summed E-state index contributed by atoms with van der Waals surface area (Å²) in [5.41, 5.74) is 2.41. The van der Waals surface area contributed by atoms with Gasteiger partial charge in [0.1, 0.15) is 0 Å². The lowest BCUT2D eigenvalue weighted by Gasteiger charge is -2.18. The van der Waals surface area contributed by atoms with E-state index in [2.05, 4.69) is 38.1 Å². The molecule has 3 heteroatoms. The van der Waals surface area contributed by atoms with E-state index in [0.29, 0.717) is 0 Å². The monoisotopic (exact) mass is 274 g/mol. The summed E-state index contributed by atoms with van der Waals surface area (Å²) < 4.78 is 16.5. The molecular formula is C17H22O3. The minimum atomic E-state index is 0.219. The first-order valence-electron chi connectivity index (χ1n) is 6.99. The predicted octanol–water partition coefficient (Wildman–Crippen LogP) is 3.96. The molecule has 2 aromatic rings. The molecule has 0 N–H and O–H groups in total. The molecule has 0 amide bonds. The van der Waals surface area contributed by atoms with E-state index in [-0.39, 0.29) is 6.79 Å². The number of benzene rings is 2. The molecule has 0 atom stereocenters. The Morgan fingerprint density at radius 2 is 1.70 bits per heavy atom. The van der Waals surface area contributed by atoms with Crippen molar-refractivity contribution in [1.82, 2.24) is 0 Å². The molecule has 0 saturated carbocycles. The highest BCUT2D eigenvalue weighted by Crippen LogP contribution is 2.41. The number of hydrogen-bond acceptors (Lipinski definition) is 3. The minimum Gasteiger partial charge on any atom is -0.493 e. The molecule has 0 saturated heterocycles. The van der Waals surface area contributed by atoms with Crippen LogP contribution in [0.3, 0.4) is 0 Å². The number of hydrogen-bond donors (Lipinski definition) is 0. The summed E-state index contributed by atoms with van der Waals surface area (Å²) in [5, 5.41) is 2.31. The van der Waals surface area contributed by atoms with E-state index in [1.165, 1.54) is 10.9 Å². The lowest BCUT2D eigenvalue weighted by molar-refractivity contribution is 0.0502. The van der Waals surface area contributed by atoms with Crippen LogP contribution in [0.15, 0.2) is 24.3 Å². The van der Waals surface area contributed by atoms with Gasteiger partial charge in [0.05, 0.1) is 7.11 Å². The van der Waals surface area contributed by atoms with E-state index in [4.69, 9.17) is 14.2 Å². The first-order valence-corrected chi connectivity index (χ1v) is 6.99. The molecular weight excluding hydrogens is 252 g/mol. The van der Waals surface area contributed by atoms with Crippen LogP contribution in [0.2, 0.25) is 0 Å². The Labute approximate surface area is 120 Å². The molecule has 3 nitrogen and oxygen atoms in total. The zero-order valence-corrected chi connectivity index (χ0v) is 12.7. The molecule has 20 heavy (non-hydrogen) atoms. The largest absolute Gasteiger partial charge is 0.493 e. The fourth-order valence-corrected chi connectivity index (χ4v) is 2.57. The predicted molar refractivity (Wildman–Crippen MR) is 81.8 cm³/mol. The summed E-state index contributed by atoms with van der Waals surface area (Å²) in [6, 6.07) is 8.53. The molecule has 0 radical (unpaired) electrons. The summed E-state index contributed by atoms with van der Waals surface area (Å²) in [4.78, 5) is 0. The maximum absolute atomic E-state index is 5.83. The van der Waals surface area contributed by atoms with Crippen LogP contribution in [0.4, 0.5) is 0 Å². The second-order valence-electron chi connectivity index (χ2n) is 4.67. The van der Waals surface area contributed by atoms with Crippen LogP contribution in [-0.2, 0) is 17.6 Å². The molecule has 0 unspecified atom stereocenters. The van der Waals surface area contributed by atoms with E-state index in [1.807, 2.05) is 0 Å². The lowest BCUT2D eigenvalue weighted by Crippen LogP contribution is -2.04. The van der Waals surface area contributed by atoms with E-state index in [0.717, 1.165) is 35.3 Å².